The predicted molar refractivity (Wildman–Crippen MR) is 206 cm³/mol. The molecule has 1 fully saturated rings. The number of rotatable bonds is 14. The maximum absolute atomic E-state index is 13.8. The zero-order valence-electron chi connectivity index (χ0n) is 30.4. The smallest absolute Gasteiger partial charge is 0.331 e. The van der Waals surface area contributed by atoms with Gasteiger partial charge in [0, 0.05) is 34.1 Å². The average Bonchev–Trinajstić information content (AvgIpc) is 3.72. The number of amides is 1. The number of primary sulfonamides is 1. The van der Waals surface area contributed by atoms with E-state index < -0.39 is 16.0 Å². The first-order valence-corrected chi connectivity index (χ1v) is 19.5. The topological polar surface area (TPSA) is 210 Å². The van der Waals surface area contributed by atoms with E-state index in [2.05, 4.69) is 41.0 Å². The summed E-state index contributed by atoms with van der Waals surface area (Å²) in [6, 6.07) is 16.2. The van der Waals surface area contributed by atoms with Crippen molar-refractivity contribution < 1.29 is 36.8 Å². The van der Waals surface area contributed by atoms with Gasteiger partial charge in [-0.05, 0) is 85.5 Å². The Labute approximate surface area is 322 Å². The molecule has 0 radical (unpaired) electrons. The van der Waals surface area contributed by atoms with Gasteiger partial charge >= 0.3 is 5.97 Å². The third-order valence-electron chi connectivity index (χ3n) is 9.56. The van der Waals surface area contributed by atoms with Crippen molar-refractivity contribution in [1.82, 2.24) is 14.6 Å². The first-order valence-electron chi connectivity index (χ1n) is 17.2. The van der Waals surface area contributed by atoms with Gasteiger partial charge in [0.25, 0.3) is 0 Å². The number of ether oxygens (including phenoxy) is 2. The molecule has 16 nitrogen and oxygen atoms in total. The molecule has 5 aromatic rings. The molecular weight excluding hydrogens is 749 g/mol. The molecule has 1 amide bonds. The number of esters is 1. The molecule has 0 aliphatic heterocycles. The SMILES string of the molecule is [C-]#[N+]c1cn2[nH]c(-c3cc(NCOc4cccc(S(N)(=O)=O)c4)c(C)c(N(C=O)c4cccc(SOON)c4)c3)nc2c1C(=O)OC1C(C)CC(C)CC1C. The second kappa shape index (κ2) is 16.5. The lowest BCUT2D eigenvalue weighted by Gasteiger charge is -2.37. The number of nitrogens with zero attached hydrogens (tertiary/aromatic N) is 4. The Morgan fingerprint density at radius 3 is 2.58 bits per heavy atom. The highest BCUT2D eigenvalue weighted by molar-refractivity contribution is 7.94. The molecule has 288 valence electrons. The minimum absolute atomic E-state index is 0.0591. The Bertz CT molecular complexity index is 2360. The maximum Gasteiger partial charge on any atom is 0.331 e. The molecule has 0 saturated heterocycles. The molecular formula is C37H40N8O8S2. The summed E-state index contributed by atoms with van der Waals surface area (Å²) < 4.78 is 42.0. The van der Waals surface area contributed by atoms with Crippen LogP contribution in [0.1, 0.15) is 49.5 Å². The number of sulfonamides is 1. The van der Waals surface area contributed by atoms with Crippen LogP contribution in [0.5, 0.6) is 5.75 Å². The minimum atomic E-state index is -3.95. The van der Waals surface area contributed by atoms with Crippen LogP contribution in [0.4, 0.5) is 22.7 Å². The third-order valence-corrected chi connectivity index (χ3v) is 11.1. The molecule has 55 heavy (non-hydrogen) atoms. The highest BCUT2D eigenvalue weighted by atomic mass is 32.2. The van der Waals surface area contributed by atoms with E-state index in [4.69, 9.17) is 36.4 Å². The van der Waals surface area contributed by atoms with E-state index in [1.165, 1.54) is 33.8 Å². The second-order valence-corrected chi connectivity index (χ2v) is 15.9. The number of hydrogen-bond acceptors (Lipinski definition) is 12. The number of nitrogens with two attached hydrogens (primary N) is 2. The molecule has 2 heterocycles. The average molecular weight is 789 g/mol. The Morgan fingerprint density at radius 1 is 1.15 bits per heavy atom. The number of benzene rings is 3. The quantitative estimate of drug-likeness (QED) is 0.0178. The summed E-state index contributed by atoms with van der Waals surface area (Å²) in [7, 11) is -3.95. The van der Waals surface area contributed by atoms with Gasteiger partial charge in [0.15, 0.2) is 18.2 Å². The third kappa shape index (κ3) is 8.62. The fraction of sp³-hybridized carbons (Fsp3) is 0.297. The van der Waals surface area contributed by atoms with Crippen LogP contribution >= 0.6 is 12.0 Å². The zero-order chi connectivity index (χ0) is 39.4. The van der Waals surface area contributed by atoms with Crippen LogP contribution in [0.15, 0.2) is 76.7 Å². The Balaban J connectivity index is 1.38. The van der Waals surface area contributed by atoms with Crippen LogP contribution in [-0.4, -0.2) is 48.2 Å². The molecule has 0 bridgehead atoms. The van der Waals surface area contributed by atoms with Gasteiger partial charge in [-0.25, -0.2) is 28.2 Å². The standard InChI is InChI=1S/C37H40N8O8S2/c1-21-12-22(2)34(23(3)13-21)51-37(47)33-31(40-5)18-45-36(33)42-35(43-45)25-14-30(41-19-50-27-9-7-11-29(17-27)55(39,48)49)24(4)32(15-25)44(20-46)26-8-6-10-28(16-26)54-53-52-38/h6-11,14-18,20-23,34,41H,12-13,19,38H2,1-4H3,(H,42,43)(H2,39,48,49). The second-order valence-electron chi connectivity index (χ2n) is 13.5. The lowest BCUT2D eigenvalue weighted by Crippen LogP contribution is -2.37. The summed E-state index contributed by atoms with van der Waals surface area (Å²) in [5, 5.41) is 11.7. The van der Waals surface area contributed by atoms with Gasteiger partial charge in [-0.2, -0.15) is 5.90 Å². The number of carbonyl (C=O) groups is 2. The van der Waals surface area contributed by atoms with Gasteiger partial charge in [-0.1, -0.05) is 32.9 Å². The summed E-state index contributed by atoms with van der Waals surface area (Å²) in [6.45, 7) is 15.8. The molecule has 2 unspecified atom stereocenters. The Kier molecular flexibility index (Phi) is 11.8. The van der Waals surface area contributed by atoms with E-state index in [-0.39, 0.29) is 52.2 Å². The van der Waals surface area contributed by atoms with Crippen molar-refractivity contribution in [3.05, 3.63) is 89.4 Å². The van der Waals surface area contributed by atoms with Crippen LogP contribution in [0.25, 0.3) is 21.9 Å². The molecule has 2 aromatic heterocycles. The lowest BCUT2D eigenvalue weighted by atomic mass is 9.75. The molecule has 0 spiro atoms. The van der Waals surface area contributed by atoms with Crippen molar-refractivity contribution >= 4 is 62.8 Å². The van der Waals surface area contributed by atoms with Crippen LogP contribution in [-0.2, 0) is 28.9 Å². The van der Waals surface area contributed by atoms with E-state index in [1.807, 2.05) is 0 Å². The number of aromatic amines is 1. The van der Waals surface area contributed by atoms with Crippen molar-refractivity contribution in [2.45, 2.75) is 56.4 Å². The van der Waals surface area contributed by atoms with Gasteiger partial charge in [0.2, 0.25) is 22.1 Å². The number of fused-ring (bicyclic) bond motifs is 1. The van der Waals surface area contributed by atoms with E-state index in [0.717, 1.165) is 24.9 Å². The van der Waals surface area contributed by atoms with Gasteiger partial charge in [-0.15, -0.1) is 9.32 Å². The van der Waals surface area contributed by atoms with Gasteiger partial charge in [-0.3, -0.25) is 19.3 Å². The summed E-state index contributed by atoms with van der Waals surface area (Å²) in [5.41, 5.74) is 3.00. The van der Waals surface area contributed by atoms with E-state index in [0.29, 0.717) is 51.2 Å². The first kappa shape index (κ1) is 39.3. The van der Waals surface area contributed by atoms with Gasteiger partial charge in [0.05, 0.1) is 29.2 Å². The number of aromatic nitrogens is 3. The zero-order valence-corrected chi connectivity index (χ0v) is 32.0. The summed E-state index contributed by atoms with van der Waals surface area (Å²) in [6.07, 6.45) is 3.73. The number of anilines is 3. The fourth-order valence-corrected chi connectivity index (χ4v) is 8.12. The molecule has 3 aromatic carbocycles. The van der Waals surface area contributed by atoms with Crippen molar-refractivity contribution in [3.63, 3.8) is 0 Å². The number of nitrogens with one attached hydrogen (secondary N) is 2. The summed E-state index contributed by atoms with van der Waals surface area (Å²) in [5.74, 6) is 5.82. The predicted octanol–water partition coefficient (Wildman–Crippen LogP) is 6.64. The van der Waals surface area contributed by atoms with Crippen LogP contribution < -0.4 is 26.0 Å². The van der Waals surface area contributed by atoms with E-state index in [9.17, 15) is 18.0 Å². The van der Waals surface area contributed by atoms with Crippen LogP contribution in [0.3, 0.4) is 0 Å². The highest BCUT2D eigenvalue weighted by Gasteiger charge is 2.36. The number of carbonyl (C=O) groups excluding carboxylic acids is 2. The number of hydrogen-bond donors (Lipinski definition) is 4. The molecule has 6 N–H and O–H groups in total. The van der Waals surface area contributed by atoms with Crippen LogP contribution in [0, 0.1) is 31.2 Å². The molecule has 1 saturated carbocycles. The number of H-pyrrole nitrogens is 1. The van der Waals surface area contributed by atoms with Crippen molar-refractivity contribution in [2.24, 2.45) is 28.8 Å². The highest BCUT2D eigenvalue weighted by Crippen LogP contribution is 2.39. The largest absolute Gasteiger partial charge is 0.473 e. The minimum Gasteiger partial charge on any atom is -0.473 e. The van der Waals surface area contributed by atoms with Crippen molar-refractivity contribution in [3.8, 4) is 17.1 Å². The molecule has 1 aliphatic rings. The van der Waals surface area contributed by atoms with Gasteiger partial charge in [0.1, 0.15) is 17.4 Å². The van der Waals surface area contributed by atoms with Crippen molar-refractivity contribution in [1.29, 1.82) is 0 Å². The maximum atomic E-state index is 13.8. The molecule has 18 heteroatoms. The first-order chi connectivity index (χ1) is 26.3. The van der Waals surface area contributed by atoms with Gasteiger partial charge < -0.3 is 14.8 Å². The monoisotopic (exact) mass is 788 g/mol. The van der Waals surface area contributed by atoms with E-state index >= 15 is 0 Å². The summed E-state index contributed by atoms with van der Waals surface area (Å²) >= 11 is 0.857. The van der Waals surface area contributed by atoms with Crippen LogP contribution in [0.2, 0.25) is 0 Å². The summed E-state index contributed by atoms with van der Waals surface area (Å²) in [4.78, 5) is 41.1. The lowest BCUT2D eigenvalue weighted by molar-refractivity contribution is -0.195. The molecule has 6 rings (SSSR count). The molecule has 1 aliphatic carbocycles. The van der Waals surface area contributed by atoms with E-state index in [1.54, 1.807) is 49.4 Å². The fourth-order valence-electron chi connectivity index (χ4n) is 7.15. The Hall–Kier alpha value is -5.42. The normalized spacial score (nSPS) is 18.4. The van der Waals surface area contributed by atoms with Crippen molar-refractivity contribution in [2.75, 3.05) is 16.9 Å². The Morgan fingerprint density at radius 2 is 1.89 bits per heavy atom. The molecule has 2 atom stereocenters.